The summed E-state index contributed by atoms with van der Waals surface area (Å²) in [4.78, 5) is 40.0. The molecule has 23 heavy (non-hydrogen) atoms. The second-order valence-corrected chi connectivity index (χ2v) is 4.56. The first-order chi connectivity index (χ1) is 11.0. The van der Waals surface area contributed by atoms with Gasteiger partial charge in [-0.3, -0.25) is 14.4 Å². The summed E-state index contributed by atoms with van der Waals surface area (Å²) in [5, 5.41) is 3.24. The predicted octanol–water partition coefficient (Wildman–Crippen LogP) is 0.864. The number of benzene rings is 1. The van der Waals surface area contributed by atoms with Gasteiger partial charge in [0.25, 0.3) is 5.91 Å². The van der Waals surface area contributed by atoms with E-state index in [1.165, 1.54) is 21.3 Å². The SMILES string of the molecule is COC(=O)C[C@H](NC(=O)OCc1ccccc1)C(=O)N(C)OC. The summed E-state index contributed by atoms with van der Waals surface area (Å²) in [5.74, 6) is -1.24. The highest BCUT2D eigenvalue weighted by molar-refractivity contribution is 5.88. The minimum Gasteiger partial charge on any atom is -0.469 e. The summed E-state index contributed by atoms with van der Waals surface area (Å²) in [6.07, 6.45) is -1.15. The summed E-state index contributed by atoms with van der Waals surface area (Å²) in [5.41, 5.74) is 0.799. The van der Waals surface area contributed by atoms with Crippen LogP contribution in [-0.4, -0.2) is 50.3 Å². The Bertz CT molecular complexity index is 534. The molecule has 126 valence electrons. The molecule has 0 saturated carbocycles. The fraction of sp³-hybridized carbons (Fsp3) is 0.400. The molecule has 0 fully saturated rings. The van der Waals surface area contributed by atoms with Gasteiger partial charge in [0.1, 0.15) is 12.6 Å². The van der Waals surface area contributed by atoms with Crippen molar-refractivity contribution in [2.75, 3.05) is 21.3 Å². The van der Waals surface area contributed by atoms with Crippen LogP contribution in [0.15, 0.2) is 30.3 Å². The van der Waals surface area contributed by atoms with Crippen molar-refractivity contribution in [3.05, 3.63) is 35.9 Å². The third kappa shape index (κ3) is 6.35. The first-order valence-corrected chi connectivity index (χ1v) is 6.83. The van der Waals surface area contributed by atoms with E-state index in [0.29, 0.717) is 0 Å². The molecule has 0 aromatic heterocycles. The number of carbonyl (C=O) groups is 3. The lowest BCUT2D eigenvalue weighted by Gasteiger charge is -2.21. The second kappa shape index (κ2) is 9.42. The molecule has 0 aliphatic heterocycles. The van der Waals surface area contributed by atoms with E-state index in [-0.39, 0.29) is 13.0 Å². The van der Waals surface area contributed by atoms with E-state index >= 15 is 0 Å². The highest BCUT2D eigenvalue weighted by Gasteiger charge is 2.27. The number of carbonyl (C=O) groups excluding carboxylic acids is 3. The Morgan fingerprint density at radius 1 is 1.17 bits per heavy atom. The Kier molecular flexibility index (Phi) is 7.55. The van der Waals surface area contributed by atoms with Crippen LogP contribution in [-0.2, 0) is 30.5 Å². The van der Waals surface area contributed by atoms with E-state index in [2.05, 4.69) is 10.1 Å². The molecule has 1 aromatic carbocycles. The van der Waals surface area contributed by atoms with E-state index in [1.807, 2.05) is 18.2 Å². The van der Waals surface area contributed by atoms with Crippen molar-refractivity contribution in [3.63, 3.8) is 0 Å². The van der Waals surface area contributed by atoms with Gasteiger partial charge in [-0.1, -0.05) is 30.3 Å². The molecular weight excluding hydrogens is 304 g/mol. The number of nitrogens with one attached hydrogen (secondary N) is 1. The number of rotatable bonds is 7. The molecule has 1 N–H and O–H groups in total. The molecule has 0 aliphatic rings. The van der Waals surface area contributed by atoms with Crippen molar-refractivity contribution >= 4 is 18.0 Å². The fourth-order valence-electron chi connectivity index (χ4n) is 1.67. The summed E-state index contributed by atoms with van der Waals surface area (Å²) < 4.78 is 9.54. The maximum absolute atomic E-state index is 12.1. The van der Waals surface area contributed by atoms with E-state index in [4.69, 9.17) is 9.57 Å². The Morgan fingerprint density at radius 2 is 1.83 bits per heavy atom. The van der Waals surface area contributed by atoms with Crippen LogP contribution < -0.4 is 5.32 Å². The molecule has 0 heterocycles. The quantitative estimate of drug-likeness (QED) is 0.591. The van der Waals surface area contributed by atoms with Gasteiger partial charge in [-0.15, -0.1) is 0 Å². The van der Waals surface area contributed by atoms with Crippen LogP contribution in [0.1, 0.15) is 12.0 Å². The predicted molar refractivity (Wildman–Crippen MR) is 80.0 cm³/mol. The molecular formula is C15H20N2O6. The Balaban J connectivity index is 2.62. The molecule has 1 rings (SSSR count). The van der Waals surface area contributed by atoms with Crippen molar-refractivity contribution < 1.29 is 28.7 Å². The van der Waals surface area contributed by atoms with Gasteiger partial charge in [-0.25, -0.2) is 9.86 Å². The van der Waals surface area contributed by atoms with Gasteiger partial charge in [0.15, 0.2) is 0 Å². The van der Waals surface area contributed by atoms with Gasteiger partial charge in [0.2, 0.25) is 0 Å². The number of ether oxygens (including phenoxy) is 2. The van der Waals surface area contributed by atoms with Crippen molar-refractivity contribution in [1.29, 1.82) is 0 Å². The molecule has 1 atom stereocenters. The average Bonchev–Trinajstić information content (AvgIpc) is 2.58. The number of hydrogen-bond donors (Lipinski definition) is 1. The number of hydroxylamine groups is 2. The molecule has 0 unspecified atom stereocenters. The highest BCUT2D eigenvalue weighted by atomic mass is 16.7. The van der Waals surface area contributed by atoms with E-state index in [1.54, 1.807) is 12.1 Å². The molecule has 2 amide bonds. The van der Waals surface area contributed by atoms with Gasteiger partial charge in [-0.05, 0) is 5.56 Å². The summed E-state index contributed by atoms with van der Waals surface area (Å²) >= 11 is 0. The van der Waals surface area contributed by atoms with Crippen LogP contribution in [0.3, 0.4) is 0 Å². The van der Waals surface area contributed by atoms with Gasteiger partial charge in [-0.2, -0.15) is 0 Å². The fourth-order valence-corrected chi connectivity index (χ4v) is 1.67. The van der Waals surface area contributed by atoms with E-state index in [0.717, 1.165) is 10.6 Å². The van der Waals surface area contributed by atoms with Gasteiger partial charge >= 0.3 is 12.1 Å². The largest absolute Gasteiger partial charge is 0.469 e. The van der Waals surface area contributed by atoms with Crippen molar-refractivity contribution in [3.8, 4) is 0 Å². The standard InChI is InChI=1S/C15H20N2O6/c1-17(22-3)14(19)12(9-13(18)21-2)16-15(20)23-10-11-7-5-4-6-8-11/h4-8,12H,9-10H2,1-3H3,(H,16,20)/t12-/m0/s1. The van der Waals surface area contributed by atoms with E-state index < -0.39 is 24.0 Å². The first-order valence-electron chi connectivity index (χ1n) is 6.83. The number of amides is 2. The van der Waals surface area contributed by atoms with Crippen molar-refractivity contribution in [2.24, 2.45) is 0 Å². The zero-order valence-corrected chi connectivity index (χ0v) is 13.3. The molecule has 0 radical (unpaired) electrons. The number of methoxy groups -OCH3 is 1. The summed E-state index contributed by atoms with van der Waals surface area (Å²) in [6.45, 7) is 0.0475. The zero-order chi connectivity index (χ0) is 17.2. The second-order valence-electron chi connectivity index (χ2n) is 4.56. The molecule has 0 bridgehead atoms. The molecule has 0 spiro atoms. The number of likely N-dealkylation sites (N-methyl/N-ethyl adjacent to an activating group) is 1. The van der Waals surface area contributed by atoms with Crippen molar-refractivity contribution in [1.82, 2.24) is 10.4 Å². The zero-order valence-electron chi connectivity index (χ0n) is 13.3. The lowest BCUT2D eigenvalue weighted by Crippen LogP contribution is -2.48. The third-order valence-electron chi connectivity index (χ3n) is 2.99. The Hall–Kier alpha value is -2.61. The summed E-state index contributed by atoms with van der Waals surface area (Å²) in [7, 11) is 3.85. The lowest BCUT2D eigenvalue weighted by atomic mass is 10.2. The van der Waals surface area contributed by atoms with Gasteiger partial charge < -0.3 is 14.8 Å². The van der Waals surface area contributed by atoms with Gasteiger partial charge in [0.05, 0.1) is 20.6 Å². The maximum atomic E-state index is 12.1. The molecule has 1 aromatic rings. The minimum atomic E-state index is -1.14. The Labute approximate surface area is 134 Å². The molecule has 8 nitrogen and oxygen atoms in total. The minimum absolute atomic E-state index is 0.0475. The highest BCUT2D eigenvalue weighted by Crippen LogP contribution is 2.04. The van der Waals surface area contributed by atoms with Crippen LogP contribution in [0.25, 0.3) is 0 Å². The topological polar surface area (TPSA) is 94.2 Å². The van der Waals surface area contributed by atoms with Crippen LogP contribution >= 0.6 is 0 Å². The lowest BCUT2D eigenvalue weighted by molar-refractivity contribution is -0.172. The average molecular weight is 324 g/mol. The van der Waals surface area contributed by atoms with Crippen LogP contribution in [0.2, 0.25) is 0 Å². The summed E-state index contributed by atoms with van der Waals surface area (Å²) in [6, 6.07) is 7.92. The molecule has 0 aliphatic carbocycles. The maximum Gasteiger partial charge on any atom is 0.408 e. The van der Waals surface area contributed by atoms with Crippen LogP contribution in [0.5, 0.6) is 0 Å². The number of esters is 1. The molecule has 0 saturated heterocycles. The Morgan fingerprint density at radius 3 is 2.39 bits per heavy atom. The van der Waals surface area contributed by atoms with E-state index in [9.17, 15) is 14.4 Å². The molecule has 8 heteroatoms. The normalized spacial score (nSPS) is 11.3. The first kappa shape index (κ1) is 18.4. The monoisotopic (exact) mass is 324 g/mol. The third-order valence-corrected chi connectivity index (χ3v) is 2.99. The number of alkyl carbamates (subject to hydrolysis) is 1. The van der Waals surface area contributed by atoms with Gasteiger partial charge in [0, 0.05) is 7.05 Å². The smallest absolute Gasteiger partial charge is 0.408 e. The van der Waals surface area contributed by atoms with Crippen LogP contribution in [0, 0.1) is 0 Å². The number of hydrogen-bond acceptors (Lipinski definition) is 6. The van der Waals surface area contributed by atoms with Crippen LogP contribution in [0.4, 0.5) is 4.79 Å². The number of nitrogens with zero attached hydrogens (tertiary/aromatic N) is 1. The van der Waals surface area contributed by atoms with Crippen molar-refractivity contribution in [2.45, 2.75) is 19.1 Å².